The van der Waals surface area contributed by atoms with E-state index in [2.05, 4.69) is 350 Å². The van der Waals surface area contributed by atoms with Crippen LogP contribution in [-0.2, 0) is 75.0 Å². The number of nitrogen functional groups attached to an aromatic ring is 1. The number of hydrogen-bond donors (Lipinski definition) is 2. The van der Waals surface area contributed by atoms with E-state index in [0.717, 1.165) is 168 Å². The van der Waals surface area contributed by atoms with Crippen LogP contribution in [0.1, 0.15) is 352 Å². The number of likely N-dealkylation sites (tertiary alicyclic amines) is 6. The number of carbonyl (C=O) groups excluding carboxylic acids is 1. The number of piperazine rings is 1. The van der Waals surface area contributed by atoms with Crippen LogP contribution in [0.15, 0.2) is 54.9 Å². The van der Waals surface area contributed by atoms with Gasteiger partial charge in [-0.15, -0.1) is 0 Å². The first-order chi connectivity index (χ1) is 66.2. The Labute approximate surface area is 890 Å². The third kappa shape index (κ3) is 57.6. The van der Waals surface area contributed by atoms with E-state index >= 15 is 0 Å². The molecule has 3 N–H and O–H groups in total. The molecule has 24 nitrogen and oxygen atoms in total. The molecule has 0 unspecified atom stereocenters. The van der Waals surface area contributed by atoms with Crippen molar-refractivity contribution in [2.45, 2.75) is 409 Å². The van der Waals surface area contributed by atoms with Crippen LogP contribution in [0.2, 0.25) is 0 Å². The maximum atomic E-state index is 12.2. The highest BCUT2D eigenvalue weighted by Gasteiger charge is 2.54. The number of nitrogens with zero attached hydrogens (tertiary/aromatic N) is 10. The van der Waals surface area contributed by atoms with E-state index in [9.17, 15) is 4.79 Å². The minimum Gasteiger partial charge on any atom is -0.489 e. The number of benzene rings is 2. The normalized spacial score (nSPS) is 18.9. The number of rotatable bonds is 37. The smallest absolute Gasteiger partial charge is 0.222 e. The number of hydrogen-bond acceptors (Lipinski definition) is 22. The van der Waals surface area contributed by atoms with Crippen molar-refractivity contribution in [1.82, 2.24) is 49.0 Å². The van der Waals surface area contributed by atoms with E-state index in [0.29, 0.717) is 65.7 Å². The number of piperidine rings is 1. The number of aryl methyl sites for hydroxylation is 1. The average Bonchev–Trinajstić information content (AvgIpc) is 0.811. The van der Waals surface area contributed by atoms with Crippen molar-refractivity contribution in [3.8, 4) is 5.75 Å². The molecule has 8 aliphatic rings. The van der Waals surface area contributed by atoms with E-state index in [-0.39, 0.29) is 71.7 Å². The van der Waals surface area contributed by atoms with E-state index in [4.69, 9.17) is 57.8 Å². The molecule has 11 rings (SSSR count). The Kier molecular flexibility index (Phi) is 51.4. The van der Waals surface area contributed by atoms with Gasteiger partial charge in [-0.3, -0.25) is 43.8 Å². The van der Waals surface area contributed by atoms with Crippen LogP contribution in [-0.4, -0.2) is 342 Å². The molecule has 7 saturated heterocycles. The predicted octanol–water partition coefficient (Wildman–Crippen LogP) is 22.9. The first kappa shape index (κ1) is 131. The standard InChI is InChI=1S/C18H33N3.2C18H36N2O2.C18H35NO3.C17H34N2O2.C16H27NO2.C16H27NO/c1-17(2,3)16-13-19-21(14-16)12-9-15-7-10-20(11-8-15)18(4,5)6;2*1-16(2,3)15-21-9-7-19-11-18(12-19)13-20(14-18)8-10-22-17(4,5)6;1-16(2,3)21-8-7-19-13-18(14-19)11-15(12-18)20-9-10-22-17(4,5)6;1-16(2,3)8-7-15(20)19-11-9-18(10-12-19)13-14-21-17(4,5)6;1-15(2,3)12-7-8-13(17)14(11-12)18-9-10-19-16(4,5)6;1-15(2,3)13-7-9-14(10-8-13)17-11-12-18-16(4,5)6/h13-15H,7-12H2,1-6H3;2*7-15H2,1-6H3;15H,7-14H2,1-6H3;7-14H2,1-6H3;7-8,11H,9-10,17H2,1-6H3;7-10,17H,11-12H2,1-6H3. The summed E-state index contributed by atoms with van der Waals surface area (Å²) < 4.78 is 65.4. The Morgan fingerprint density at radius 1 is 0.379 bits per heavy atom. The zero-order valence-corrected chi connectivity index (χ0v) is 102. The van der Waals surface area contributed by atoms with Gasteiger partial charge in [0.2, 0.25) is 5.91 Å². The van der Waals surface area contributed by atoms with E-state index in [1.54, 1.807) is 0 Å². The molecule has 0 atom stereocenters. The van der Waals surface area contributed by atoms with Crippen LogP contribution < -0.4 is 15.8 Å². The molecule has 7 aliphatic heterocycles. The SMILES string of the molecule is CC(C)(C)CCC(=O)N1CCN(CCOC(C)(C)C)CC1.CC(C)(C)COCCN1CC2(C1)CN(CCOC(C)(C)C)C2.CC(C)(C)COCCN1CC2(C1)CN(CCOC(C)(C)C)C2.CC(C)(C)OCCNc1ccc(C(C)(C)C)cc1.CC(C)(C)OCCOC1CC2(C1)CN(CCOC(C)(C)C)C2.CC(C)(C)OCCOc1cc(C(C)(C)C)ccc1N.CC(C)(C)c1cnn(CCC2CCN(C(C)(C)C)CC2)c1. The molecule has 0 bridgehead atoms. The van der Waals surface area contributed by atoms with Crippen LogP contribution in [0, 0.1) is 38.4 Å². The van der Waals surface area contributed by atoms with Crippen LogP contribution >= 0.6 is 0 Å². The first-order valence-electron chi connectivity index (χ1n) is 56.2. The maximum absolute atomic E-state index is 12.2. The Morgan fingerprint density at radius 2 is 0.738 bits per heavy atom. The lowest BCUT2D eigenvalue weighted by atomic mass is 9.62. The molecular weight excluding hydrogens is 1810 g/mol. The van der Waals surface area contributed by atoms with Crippen LogP contribution in [0.5, 0.6) is 5.75 Å². The molecule has 844 valence electrons. The number of ether oxygens (including phenoxy) is 11. The molecular formula is C121H228N12O12. The molecule has 8 heterocycles. The molecule has 0 radical (unpaired) electrons. The zero-order chi connectivity index (χ0) is 110. The fourth-order valence-corrected chi connectivity index (χ4v) is 18.8. The maximum Gasteiger partial charge on any atom is 0.222 e. The molecule has 24 heteroatoms. The zero-order valence-electron chi connectivity index (χ0n) is 102. The number of amides is 1. The Morgan fingerprint density at radius 3 is 1.10 bits per heavy atom. The van der Waals surface area contributed by atoms with Crippen LogP contribution in [0.25, 0.3) is 0 Å². The largest absolute Gasteiger partial charge is 0.489 e. The van der Waals surface area contributed by atoms with Gasteiger partial charge >= 0.3 is 0 Å². The molecule has 2 aromatic carbocycles. The summed E-state index contributed by atoms with van der Waals surface area (Å²) in [5, 5.41) is 7.90. The van der Waals surface area contributed by atoms with Crippen molar-refractivity contribution < 1.29 is 56.9 Å². The van der Waals surface area contributed by atoms with Gasteiger partial charge in [0, 0.05) is 184 Å². The molecule has 8 fully saturated rings. The monoisotopic (exact) mass is 2040 g/mol. The van der Waals surface area contributed by atoms with Crippen molar-refractivity contribution in [3.63, 3.8) is 0 Å². The fraction of sp³-hybridized carbons (Fsp3) is 0.868. The van der Waals surface area contributed by atoms with Gasteiger partial charge in [-0.2, -0.15) is 5.10 Å². The van der Waals surface area contributed by atoms with E-state index in [1.807, 2.05) is 50.1 Å². The number of nitrogens with one attached hydrogen (secondary N) is 1. The number of anilines is 2. The van der Waals surface area contributed by atoms with Crippen molar-refractivity contribution in [2.75, 3.05) is 247 Å². The highest BCUT2D eigenvalue weighted by Crippen LogP contribution is 2.50. The van der Waals surface area contributed by atoms with Crippen LogP contribution in [0.4, 0.5) is 11.4 Å². The Bertz CT molecular complexity index is 3850. The van der Waals surface area contributed by atoms with Gasteiger partial charge < -0.3 is 68.1 Å². The fourth-order valence-electron chi connectivity index (χ4n) is 18.8. The number of aromatic nitrogens is 2. The summed E-state index contributed by atoms with van der Waals surface area (Å²) in [5.74, 6) is 1.92. The van der Waals surface area contributed by atoms with Crippen molar-refractivity contribution in [2.24, 2.45) is 38.4 Å². The molecule has 1 saturated carbocycles. The minimum atomic E-state index is -0.137. The highest BCUT2D eigenvalue weighted by atomic mass is 16.5. The molecule has 1 amide bonds. The summed E-state index contributed by atoms with van der Waals surface area (Å²) >= 11 is 0. The lowest BCUT2D eigenvalue weighted by molar-refractivity contribution is -0.164. The lowest BCUT2D eigenvalue weighted by Gasteiger charge is -2.60. The summed E-state index contributed by atoms with van der Waals surface area (Å²) in [6.07, 6.45) is 12.7. The lowest BCUT2D eigenvalue weighted by Crippen LogP contribution is -2.72. The van der Waals surface area contributed by atoms with Gasteiger partial charge in [-0.1, -0.05) is 143 Å². The van der Waals surface area contributed by atoms with E-state index in [1.165, 1.54) is 127 Å². The van der Waals surface area contributed by atoms with Gasteiger partial charge in [0.15, 0.2) is 0 Å². The Balaban J connectivity index is 0.000000298. The quantitative estimate of drug-likeness (QED) is 0.0407. The van der Waals surface area contributed by atoms with Gasteiger partial charge in [-0.05, 0) is 297 Å². The van der Waals surface area contributed by atoms with Crippen molar-refractivity contribution in [3.05, 3.63) is 71.5 Å². The predicted molar refractivity (Wildman–Crippen MR) is 609 cm³/mol. The van der Waals surface area contributed by atoms with E-state index < -0.39 is 0 Å². The molecule has 3 aromatic rings. The second-order valence-electron chi connectivity index (χ2n) is 58.4. The van der Waals surface area contributed by atoms with Gasteiger partial charge in [0.25, 0.3) is 0 Å². The second-order valence-corrected chi connectivity index (χ2v) is 58.4. The van der Waals surface area contributed by atoms with Crippen LogP contribution in [0.3, 0.4) is 0 Å². The number of carbonyl (C=O) groups is 1. The number of nitrogens with two attached hydrogens (primary N) is 1. The van der Waals surface area contributed by atoms with Crippen molar-refractivity contribution >= 4 is 17.3 Å². The molecule has 1 aromatic heterocycles. The minimum absolute atomic E-state index is 0.0110. The second kappa shape index (κ2) is 56.8. The third-order valence-corrected chi connectivity index (χ3v) is 26.9. The summed E-state index contributed by atoms with van der Waals surface area (Å²) in [4.78, 5) is 31.8. The van der Waals surface area contributed by atoms with Gasteiger partial charge in [0.1, 0.15) is 12.4 Å². The van der Waals surface area contributed by atoms with Gasteiger partial charge in [-0.25, -0.2) is 0 Å². The molecule has 145 heavy (non-hydrogen) atoms. The third-order valence-electron chi connectivity index (χ3n) is 26.9. The van der Waals surface area contributed by atoms with Gasteiger partial charge in [0.05, 0.1) is 136 Å². The summed E-state index contributed by atoms with van der Waals surface area (Å²) in [6, 6.07) is 14.6. The highest BCUT2D eigenvalue weighted by molar-refractivity contribution is 5.76. The topological polar surface area (TPSA) is 200 Å². The van der Waals surface area contributed by atoms with Crippen molar-refractivity contribution in [1.29, 1.82) is 0 Å². The first-order valence-corrected chi connectivity index (χ1v) is 56.2. The summed E-state index contributed by atoms with van der Waals surface area (Å²) in [7, 11) is 0. The average molecular weight is 2040 g/mol. The summed E-state index contributed by atoms with van der Waals surface area (Å²) in [5.41, 5.74) is 14.7. The summed E-state index contributed by atoms with van der Waals surface area (Å²) in [6.45, 7) is 127. The molecule has 1 aliphatic carbocycles. The molecule has 3 spiro atoms. The Hall–Kier alpha value is -4.16.